The zero-order valence-corrected chi connectivity index (χ0v) is 18.8. The van der Waals surface area contributed by atoms with E-state index >= 15 is 0 Å². The Kier molecular flexibility index (Phi) is 8.52. The molecule has 1 saturated heterocycles. The Hall–Kier alpha value is -2.81. The molecule has 2 amide bonds. The molecule has 9 heteroatoms. The predicted molar refractivity (Wildman–Crippen MR) is 123 cm³/mol. The Morgan fingerprint density at radius 2 is 1.94 bits per heavy atom. The maximum Gasteiger partial charge on any atom is 0.234 e. The largest absolute Gasteiger partial charge is 0.495 e. The minimum atomic E-state index is -0.135. The van der Waals surface area contributed by atoms with Gasteiger partial charge in [0.15, 0.2) is 5.82 Å². The lowest BCUT2D eigenvalue weighted by molar-refractivity contribution is -0.125. The van der Waals surface area contributed by atoms with E-state index in [1.807, 2.05) is 24.3 Å². The first-order valence-electron chi connectivity index (χ1n) is 10.5. The normalized spacial score (nSPS) is 14.2. The van der Waals surface area contributed by atoms with E-state index in [9.17, 15) is 9.59 Å². The van der Waals surface area contributed by atoms with E-state index in [0.29, 0.717) is 16.5 Å². The van der Waals surface area contributed by atoms with Crippen molar-refractivity contribution in [3.8, 4) is 5.75 Å². The zero-order chi connectivity index (χ0) is 22.1. The molecule has 1 aliphatic rings. The number of anilines is 2. The van der Waals surface area contributed by atoms with Crippen LogP contribution < -0.4 is 20.3 Å². The van der Waals surface area contributed by atoms with E-state index < -0.39 is 0 Å². The Bertz CT molecular complexity index is 870. The zero-order valence-electron chi connectivity index (χ0n) is 18.0. The van der Waals surface area contributed by atoms with E-state index in [0.717, 1.165) is 44.7 Å². The van der Waals surface area contributed by atoms with Gasteiger partial charge in [-0.05, 0) is 43.5 Å². The van der Waals surface area contributed by atoms with Crippen molar-refractivity contribution in [2.45, 2.75) is 31.2 Å². The molecule has 1 aliphatic heterocycles. The molecule has 1 aromatic heterocycles. The van der Waals surface area contributed by atoms with Crippen LogP contribution in [0.3, 0.4) is 0 Å². The van der Waals surface area contributed by atoms with Crippen LogP contribution in [0.4, 0.5) is 11.5 Å². The van der Waals surface area contributed by atoms with Gasteiger partial charge in [-0.25, -0.2) is 0 Å². The molecule has 0 aliphatic carbocycles. The number of aromatic nitrogens is 2. The molecule has 0 bridgehead atoms. The summed E-state index contributed by atoms with van der Waals surface area (Å²) < 4.78 is 5.25. The fourth-order valence-electron chi connectivity index (χ4n) is 3.40. The van der Waals surface area contributed by atoms with Crippen LogP contribution in [0.5, 0.6) is 5.75 Å². The molecule has 0 saturated carbocycles. The molecular weight excluding hydrogens is 414 g/mol. The molecule has 31 heavy (non-hydrogen) atoms. The summed E-state index contributed by atoms with van der Waals surface area (Å²) >= 11 is 1.33. The van der Waals surface area contributed by atoms with Gasteiger partial charge in [0.25, 0.3) is 0 Å². The van der Waals surface area contributed by atoms with Crippen LogP contribution in [-0.4, -0.2) is 54.5 Å². The molecule has 8 nitrogen and oxygen atoms in total. The summed E-state index contributed by atoms with van der Waals surface area (Å²) in [4.78, 5) is 26.5. The first-order chi connectivity index (χ1) is 15.1. The highest BCUT2D eigenvalue weighted by atomic mass is 32.2. The van der Waals surface area contributed by atoms with Crippen molar-refractivity contribution in [2.24, 2.45) is 5.92 Å². The van der Waals surface area contributed by atoms with Gasteiger partial charge in [0, 0.05) is 25.6 Å². The summed E-state index contributed by atoms with van der Waals surface area (Å²) in [5.74, 6) is 1.75. The fraction of sp³-hybridized carbons (Fsp3) is 0.455. The smallest absolute Gasteiger partial charge is 0.234 e. The third-order valence-electron chi connectivity index (χ3n) is 5.10. The predicted octanol–water partition coefficient (Wildman–Crippen LogP) is 2.96. The lowest BCUT2D eigenvalue weighted by Gasteiger charge is -2.31. The SMILES string of the molecule is CCCNC(=O)C1CCN(c2ccc(SCC(=O)Nc3ccccc3OC)nn2)CC1. The first-order valence-corrected chi connectivity index (χ1v) is 11.5. The summed E-state index contributed by atoms with van der Waals surface area (Å²) in [5, 5.41) is 15.1. The van der Waals surface area contributed by atoms with Crippen molar-refractivity contribution in [3.63, 3.8) is 0 Å². The number of carbonyl (C=O) groups is 2. The number of methoxy groups -OCH3 is 1. The standard InChI is InChI=1S/C22H29N5O3S/c1-3-12-23-22(29)16-10-13-27(14-11-16)19-8-9-21(26-25-19)31-15-20(28)24-17-6-4-5-7-18(17)30-2/h4-9,16H,3,10-15H2,1-2H3,(H,23,29)(H,24,28). The number of rotatable bonds is 9. The van der Waals surface area contributed by atoms with Crippen molar-refractivity contribution >= 4 is 35.1 Å². The molecule has 0 radical (unpaired) electrons. The van der Waals surface area contributed by atoms with Crippen LogP contribution in [-0.2, 0) is 9.59 Å². The van der Waals surface area contributed by atoms with E-state index in [1.54, 1.807) is 19.2 Å². The van der Waals surface area contributed by atoms with Gasteiger partial charge in [0.2, 0.25) is 11.8 Å². The molecule has 166 valence electrons. The molecule has 3 rings (SSSR count). The first kappa shape index (κ1) is 22.9. The van der Waals surface area contributed by atoms with Gasteiger partial charge in [-0.15, -0.1) is 10.2 Å². The lowest BCUT2D eigenvalue weighted by atomic mass is 9.96. The monoisotopic (exact) mass is 443 g/mol. The Balaban J connectivity index is 1.45. The van der Waals surface area contributed by atoms with E-state index in [1.165, 1.54) is 11.8 Å². The average Bonchev–Trinajstić information content (AvgIpc) is 2.82. The molecule has 0 spiro atoms. The van der Waals surface area contributed by atoms with Crippen LogP contribution in [0.2, 0.25) is 0 Å². The molecule has 2 heterocycles. The summed E-state index contributed by atoms with van der Waals surface area (Å²) in [6.45, 7) is 4.36. The molecule has 0 unspecified atom stereocenters. The van der Waals surface area contributed by atoms with Crippen LogP contribution >= 0.6 is 11.8 Å². The Morgan fingerprint density at radius 1 is 1.16 bits per heavy atom. The second kappa shape index (κ2) is 11.5. The Morgan fingerprint density at radius 3 is 2.61 bits per heavy atom. The highest BCUT2D eigenvalue weighted by molar-refractivity contribution is 7.99. The molecule has 1 fully saturated rings. The van der Waals surface area contributed by atoms with Gasteiger partial charge in [-0.1, -0.05) is 30.8 Å². The fourth-order valence-corrected chi connectivity index (χ4v) is 4.01. The van der Waals surface area contributed by atoms with Crippen molar-refractivity contribution in [3.05, 3.63) is 36.4 Å². The number of piperidine rings is 1. The highest BCUT2D eigenvalue weighted by Crippen LogP contribution is 2.25. The Labute approximate surface area is 187 Å². The summed E-state index contributed by atoms with van der Waals surface area (Å²) in [6.07, 6.45) is 2.58. The van der Waals surface area contributed by atoms with Crippen LogP contribution in [0.1, 0.15) is 26.2 Å². The number of hydrogen-bond acceptors (Lipinski definition) is 7. The second-order valence-corrected chi connectivity index (χ2v) is 8.31. The number of nitrogens with one attached hydrogen (secondary N) is 2. The minimum absolute atomic E-state index is 0.0762. The van der Waals surface area contributed by atoms with Crippen molar-refractivity contribution in [1.29, 1.82) is 0 Å². The molecular formula is C22H29N5O3S. The minimum Gasteiger partial charge on any atom is -0.495 e. The summed E-state index contributed by atoms with van der Waals surface area (Å²) in [5.41, 5.74) is 0.642. The van der Waals surface area contributed by atoms with E-state index in [2.05, 4.69) is 32.7 Å². The number of benzene rings is 1. The number of carbonyl (C=O) groups excluding carboxylic acids is 2. The third kappa shape index (κ3) is 6.58. The molecule has 2 N–H and O–H groups in total. The van der Waals surface area contributed by atoms with Gasteiger partial charge in [0.05, 0.1) is 18.6 Å². The quantitative estimate of drug-likeness (QED) is 0.575. The second-order valence-electron chi connectivity index (χ2n) is 7.32. The maximum absolute atomic E-state index is 12.2. The number of para-hydroxylation sites is 2. The van der Waals surface area contributed by atoms with Crippen molar-refractivity contribution in [1.82, 2.24) is 15.5 Å². The van der Waals surface area contributed by atoms with Gasteiger partial charge in [-0.3, -0.25) is 9.59 Å². The number of hydrogen-bond donors (Lipinski definition) is 2. The van der Waals surface area contributed by atoms with Crippen LogP contribution in [0, 0.1) is 5.92 Å². The maximum atomic E-state index is 12.2. The van der Waals surface area contributed by atoms with E-state index in [-0.39, 0.29) is 23.5 Å². The highest BCUT2D eigenvalue weighted by Gasteiger charge is 2.25. The summed E-state index contributed by atoms with van der Waals surface area (Å²) in [6, 6.07) is 11.1. The molecule has 1 aromatic carbocycles. The number of amides is 2. The van der Waals surface area contributed by atoms with E-state index in [4.69, 9.17) is 4.74 Å². The van der Waals surface area contributed by atoms with Gasteiger partial charge < -0.3 is 20.3 Å². The number of nitrogens with zero attached hydrogens (tertiary/aromatic N) is 3. The van der Waals surface area contributed by atoms with Crippen molar-refractivity contribution < 1.29 is 14.3 Å². The van der Waals surface area contributed by atoms with Crippen LogP contribution in [0.25, 0.3) is 0 Å². The summed E-state index contributed by atoms with van der Waals surface area (Å²) in [7, 11) is 1.57. The number of thioether (sulfide) groups is 1. The lowest BCUT2D eigenvalue weighted by Crippen LogP contribution is -2.41. The third-order valence-corrected chi connectivity index (χ3v) is 6.02. The topological polar surface area (TPSA) is 96.5 Å². The van der Waals surface area contributed by atoms with Crippen molar-refractivity contribution in [2.75, 3.05) is 42.7 Å². The van der Waals surface area contributed by atoms with Gasteiger partial charge >= 0.3 is 0 Å². The average molecular weight is 444 g/mol. The molecule has 0 atom stereocenters. The van der Waals surface area contributed by atoms with Gasteiger partial charge in [-0.2, -0.15) is 0 Å². The number of ether oxygens (including phenoxy) is 1. The van der Waals surface area contributed by atoms with Gasteiger partial charge in [0.1, 0.15) is 10.8 Å². The molecule has 2 aromatic rings. The van der Waals surface area contributed by atoms with Crippen LogP contribution in [0.15, 0.2) is 41.4 Å².